The summed E-state index contributed by atoms with van der Waals surface area (Å²) in [6.07, 6.45) is 1.08. The fraction of sp³-hybridized carbons (Fsp3) is 0.818. The van der Waals surface area contributed by atoms with Crippen molar-refractivity contribution in [2.75, 3.05) is 26.9 Å². The van der Waals surface area contributed by atoms with E-state index in [1.165, 1.54) is 7.11 Å². The maximum absolute atomic E-state index is 11.9. The van der Waals surface area contributed by atoms with Crippen LogP contribution >= 0.6 is 0 Å². The summed E-state index contributed by atoms with van der Waals surface area (Å²) in [5.41, 5.74) is 0. The minimum absolute atomic E-state index is 0.0423. The Balaban J connectivity index is 1.99. The molecule has 7 nitrogen and oxygen atoms in total. The first-order valence-electron chi connectivity index (χ1n) is 6.05. The summed E-state index contributed by atoms with van der Waals surface area (Å²) in [6.45, 7) is 1.04. The molecule has 2 saturated heterocycles. The first-order chi connectivity index (χ1) is 8.65. The average Bonchev–Trinajstić information content (AvgIpc) is 2.63. The summed E-state index contributed by atoms with van der Waals surface area (Å²) in [5.74, 6) is -0.921. The Morgan fingerprint density at radius 1 is 1.39 bits per heavy atom. The van der Waals surface area contributed by atoms with Gasteiger partial charge in [-0.3, -0.25) is 9.69 Å². The first kappa shape index (κ1) is 13.1. The Bertz CT molecular complexity index is 335. The van der Waals surface area contributed by atoms with Gasteiger partial charge in [0.05, 0.1) is 12.6 Å². The molecule has 2 rings (SSSR count). The number of nitrogens with zero attached hydrogens (tertiary/aromatic N) is 1. The fourth-order valence-corrected chi connectivity index (χ4v) is 2.66. The number of nitrogens with one attached hydrogen (secondary N) is 1. The van der Waals surface area contributed by atoms with Crippen LogP contribution in [0.15, 0.2) is 0 Å². The maximum Gasteiger partial charge on any atom is 0.410 e. The lowest BCUT2D eigenvalue weighted by molar-refractivity contribution is -0.141. The number of fused-ring (bicyclic) bond motifs is 2. The van der Waals surface area contributed by atoms with Crippen molar-refractivity contribution in [2.24, 2.45) is 0 Å². The van der Waals surface area contributed by atoms with Gasteiger partial charge in [-0.05, 0) is 12.8 Å². The zero-order chi connectivity index (χ0) is 13.1. The minimum atomic E-state index is -0.921. The molecular formula is C11H18N2O5. The van der Waals surface area contributed by atoms with Gasteiger partial charge in [-0.2, -0.15) is 0 Å². The molecule has 2 bridgehead atoms. The zero-order valence-electron chi connectivity index (χ0n) is 10.3. The van der Waals surface area contributed by atoms with E-state index < -0.39 is 18.1 Å². The van der Waals surface area contributed by atoms with Gasteiger partial charge in [-0.1, -0.05) is 0 Å². The van der Waals surface area contributed by atoms with Gasteiger partial charge in [0.15, 0.2) is 0 Å². The second kappa shape index (κ2) is 5.53. The minimum Gasteiger partial charge on any atom is -0.480 e. The molecule has 18 heavy (non-hydrogen) atoms. The van der Waals surface area contributed by atoms with Crippen LogP contribution in [0.3, 0.4) is 0 Å². The van der Waals surface area contributed by atoms with Crippen molar-refractivity contribution in [1.82, 2.24) is 10.2 Å². The molecule has 0 aliphatic carbocycles. The van der Waals surface area contributed by atoms with Crippen LogP contribution in [0.25, 0.3) is 0 Å². The molecule has 0 aromatic heterocycles. The lowest BCUT2D eigenvalue weighted by Gasteiger charge is -2.38. The standard InChI is InChI=1S/C11H18N2O5/c1-17-4-5-18-11(16)13-7-2-3-8(13)9(10(14)15)12-6-7/h7-9,12H,2-6H2,1H3,(H,14,15). The number of aliphatic carboxylic acids is 1. The van der Waals surface area contributed by atoms with E-state index in [2.05, 4.69) is 5.32 Å². The number of hydrogen-bond donors (Lipinski definition) is 2. The van der Waals surface area contributed by atoms with Gasteiger partial charge in [0, 0.05) is 19.7 Å². The van der Waals surface area contributed by atoms with Gasteiger partial charge in [-0.25, -0.2) is 4.79 Å². The van der Waals surface area contributed by atoms with Crippen LogP contribution < -0.4 is 5.32 Å². The molecule has 0 radical (unpaired) electrons. The van der Waals surface area contributed by atoms with E-state index in [4.69, 9.17) is 14.6 Å². The van der Waals surface area contributed by atoms with Crippen molar-refractivity contribution in [1.29, 1.82) is 0 Å². The molecule has 2 aliphatic rings. The van der Waals surface area contributed by atoms with Gasteiger partial charge >= 0.3 is 12.1 Å². The third-order valence-electron chi connectivity index (χ3n) is 3.49. The zero-order valence-corrected chi connectivity index (χ0v) is 10.3. The third kappa shape index (κ3) is 2.41. The first-order valence-corrected chi connectivity index (χ1v) is 6.05. The second-order valence-electron chi connectivity index (χ2n) is 4.54. The van der Waals surface area contributed by atoms with Gasteiger partial charge < -0.3 is 19.9 Å². The largest absolute Gasteiger partial charge is 0.480 e. The molecule has 2 fully saturated rings. The maximum atomic E-state index is 11.9. The number of rotatable bonds is 4. The van der Waals surface area contributed by atoms with Crippen molar-refractivity contribution in [3.05, 3.63) is 0 Å². The van der Waals surface area contributed by atoms with Crippen LogP contribution in [0.1, 0.15) is 12.8 Å². The van der Waals surface area contributed by atoms with Crippen molar-refractivity contribution < 1.29 is 24.2 Å². The molecule has 2 N–H and O–H groups in total. The SMILES string of the molecule is COCCOC(=O)N1C2CCC1C(C(=O)O)NC2. The van der Waals surface area contributed by atoms with Crippen LogP contribution in [0.5, 0.6) is 0 Å². The Morgan fingerprint density at radius 2 is 2.17 bits per heavy atom. The Hall–Kier alpha value is -1.34. The number of carboxylic acid groups (broad SMARTS) is 1. The third-order valence-corrected chi connectivity index (χ3v) is 3.49. The van der Waals surface area contributed by atoms with Crippen LogP contribution in [0.2, 0.25) is 0 Å². The van der Waals surface area contributed by atoms with E-state index in [0.29, 0.717) is 19.6 Å². The van der Waals surface area contributed by atoms with Gasteiger partial charge in [0.1, 0.15) is 12.6 Å². The highest BCUT2D eigenvalue weighted by molar-refractivity contribution is 5.77. The molecular weight excluding hydrogens is 240 g/mol. The lowest BCUT2D eigenvalue weighted by atomic mass is 10.1. The molecule has 102 valence electrons. The summed E-state index contributed by atoms with van der Waals surface area (Å²) in [6, 6.07) is -0.962. The molecule has 2 heterocycles. The molecule has 0 aromatic rings. The van der Waals surface area contributed by atoms with E-state index in [1.807, 2.05) is 0 Å². The highest BCUT2D eigenvalue weighted by Gasteiger charge is 2.48. The molecule has 3 atom stereocenters. The lowest BCUT2D eigenvalue weighted by Crippen LogP contribution is -2.62. The van der Waals surface area contributed by atoms with E-state index in [-0.39, 0.29) is 18.7 Å². The van der Waals surface area contributed by atoms with E-state index in [9.17, 15) is 9.59 Å². The Morgan fingerprint density at radius 3 is 2.83 bits per heavy atom. The van der Waals surface area contributed by atoms with Gasteiger partial charge in [0.25, 0.3) is 0 Å². The molecule has 0 aromatic carbocycles. The van der Waals surface area contributed by atoms with Crippen LogP contribution in [0.4, 0.5) is 4.79 Å². The van der Waals surface area contributed by atoms with E-state index >= 15 is 0 Å². The number of methoxy groups -OCH3 is 1. The predicted molar refractivity (Wildman–Crippen MR) is 61.3 cm³/mol. The summed E-state index contributed by atoms with van der Waals surface area (Å²) in [4.78, 5) is 24.6. The number of piperazine rings is 1. The monoisotopic (exact) mass is 258 g/mol. The normalized spacial score (nSPS) is 30.3. The smallest absolute Gasteiger partial charge is 0.410 e. The van der Waals surface area contributed by atoms with Crippen LogP contribution in [-0.4, -0.2) is 67.1 Å². The Kier molecular flexibility index (Phi) is 4.03. The topological polar surface area (TPSA) is 88.1 Å². The van der Waals surface area contributed by atoms with Crippen molar-refractivity contribution in [2.45, 2.75) is 31.0 Å². The van der Waals surface area contributed by atoms with Crippen molar-refractivity contribution >= 4 is 12.1 Å². The van der Waals surface area contributed by atoms with Crippen molar-refractivity contribution in [3.63, 3.8) is 0 Å². The number of amides is 1. The summed E-state index contributed by atoms with van der Waals surface area (Å²) < 4.78 is 9.88. The molecule has 7 heteroatoms. The summed E-state index contributed by atoms with van der Waals surface area (Å²) >= 11 is 0. The van der Waals surface area contributed by atoms with Crippen LogP contribution in [-0.2, 0) is 14.3 Å². The summed E-state index contributed by atoms with van der Waals surface area (Å²) in [7, 11) is 1.53. The molecule has 0 saturated carbocycles. The van der Waals surface area contributed by atoms with Gasteiger partial charge in [-0.15, -0.1) is 0 Å². The predicted octanol–water partition coefficient (Wildman–Crippen LogP) is -0.341. The Labute approximate surface area is 105 Å². The molecule has 3 unspecified atom stereocenters. The molecule has 2 aliphatic heterocycles. The number of carboxylic acids is 1. The molecule has 1 amide bonds. The highest BCUT2D eigenvalue weighted by Crippen LogP contribution is 2.30. The van der Waals surface area contributed by atoms with Crippen molar-refractivity contribution in [3.8, 4) is 0 Å². The average molecular weight is 258 g/mol. The number of carbonyl (C=O) groups is 2. The van der Waals surface area contributed by atoms with E-state index in [0.717, 1.165) is 6.42 Å². The highest BCUT2D eigenvalue weighted by atomic mass is 16.6. The second-order valence-corrected chi connectivity index (χ2v) is 4.54. The van der Waals surface area contributed by atoms with E-state index in [1.54, 1.807) is 4.90 Å². The quantitative estimate of drug-likeness (QED) is 0.671. The number of ether oxygens (including phenoxy) is 2. The van der Waals surface area contributed by atoms with Crippen LogP contribution in [0, 0.1) is 0 Å². The number of hydrogen-bond acceptors (Lipinski definition) is 5. The fourth-order valence-electron chi connectivity index (χ4n) is 2.66. The molecule has 0 spiro atoms. The summed E-state index contributed by atoms with van der Waals surface area (Å²) in [5, 5.41) is 12.1. The number of carbonyl (C=O) groups excluding carboxylic acids is 1. The van der Waals surface area contributed by atoms with Gasteiger partial charge in [0.2, 0.25) is 0 Å².